The number of methoxy groups -OCH3 is 1. The fourth-order valence-corrected chi connectivity index (χ4v) is 21.5. The summed E-state index contributed by atoms with van der Waals surface area (Å²) in [5, 5.41) is 24.9. The number of ether oxygens (including phenoxy) is 5. The SMILES string of the molecule is CCCCCCCCC=CCCCCCCCCCCCCCCCCCCCc1cc(OC)c(O)c(OC2CCC(C(C)(CCCC(C)CCCC(C)CCCC(C)C)OC(C)(CCCC(C)CCCC(C)CCCC(C)C)C3CCC(C(C)(O)CCCC(C)CCCC(C)CCCC(C)C)O3)OC2(C)CCCC(C)CCCC(C)CCCC(C)C)c1. The van der Waals surface area contributed by atoms with E-state index >= 15 is 0 Å². The molecule has 3 rings (SSSR count). The average Bonchev–Trinajstić information content (AvgIpc) is 1.72. The zero-order valence-electron chi connectivity index (χ0n) is 87.2. The molecule has 0 amide bonds. The van der Waals surface area contributed by atoms with Crippen molar-refractivity contribution < 1.29 is 33.9 Å². The summed E-state index contributed by atoms with van der Waals surface area (Å²) in [5.41, 5.74) is -1.65. The Balaban J connectivity index is 1.90. The smallest absolute Gasteiger partial charge is 0.200 e. The number of phenolic OH excluding ortho intramolecular Hbond substituents is 1. The summed E-state index contributed by atoms with van der Waals surface area (Å²) in [6.45, 7) is 50.5. The van der Waals surface area contributed by atoms with Gasteiger partial charge in [0.1, 0.15) is 11.7 Å². The zero-order valence-corrected chi connectivity index (χ0v) is 87.2. The van der Waals surface area contributed by atoms with Crippen LogP contribution in [0, 0.1) is 71.0 Å². The highest BCUT2D eigenvalue weighted by molar-refractivity contribution is 5.53. The molecule has 0 aliphatic carbocycles. The molecule has 0 aromatic heterocycles. The summed E-state index contributed by atoms with van der Waals surface area (Å²) in [7, 11) is 1.69. The number of hydrogen-bond acceptors (Lipinski definition) is 7. The van der Waals surface area contributed by atoms with Gasteiger partial charge in [0.25, 0.3) is 0 Å². The monoisotopic (exact) mass is 1730 g/mol. The second kappa shape index (κ2) is 69.1. The number of allylic oxidation sites excluding steroid dienone is 2. The number of aryl methyl sites for hydroxylation is 1. The van der Waals surface area contributed by atoms with Crippen LogP contribution in [0.15, 0.2) is 24.3 Å². The highest BCUT2D eigenvalue weighted by Gasteiger charge is 2.54. The van der Waals surface area contributed by atoms with E-state index in [9.17, 15) is 10.2 Å². The maximum atomic E-state index is 12.7. The highest BCUT2D eigenvalue weighted by Crippen LogP contribution is 2.49. The number of hydrogen-bond donors (Lipinski definition) is 2. The van der Waals surface area contributed by atoms with Crippen LogP contribution in [0.1, 0.15) is 568 Å². The molecule has 16 atom stereocenters. The van der Waals surface area contributed by atoms with E-state index in [-0.39, 0.29) is 30.2 Å². The van der Waals surface area contributed by atoms with E-state index in [4.69, 9.17) is 23.7 Å². The van der Waals surface area contributed by atoms with Crippen LogP contribution in [-0.2, 0) is 20.6 Å². The quantitative estimate of drug-likeness (QED) is 0.0496. The van der Waals surface area contributed by atoms with Gasteiger partial charge in [-0.2, -0.15) is 0 Å². The van der Waals surface area contributed by atoms with Crippen LogP contribution in [0.25, 0.3) is 0 Å². The first kappa shape index (κ1) is 115. The zero-order chi connectivity index (χ0) is 90.6. The minimum atomic E-state index is -0.917. The van der Waals surface area contributed by atoms with Gasteiger partial charge in [-0.25, -0.2) is 0 Å². The van der Waals surface area contributed by atoms with Crippen molar-refractivity contribution in [3.8, 4) is 17.2 Å². The molecule has 7 nitrogen and oxygen atoms in total. The summed E-state index contributed by atoms with van der Waals surface area (Å²) < 4.78 is 37.4. The van der Waals surface area contributed by atoms with E-state index in [1.165, 1.54) is 327 Å². The fourth-order valence-electron chi connectivity index (χ4n) is 21.5. The molecule has 2 N–H and O–H groups in total. The molecule has 2 aliphatic heterocycles. The predicted molar refractivity (Wildman–Crippen MR) is 541 cm³/mol. The number of aliphatic hydroxyl groups is 1. The Morgan fingerprint density at radius 3 is 1.03 bits per heavy atom. The van der Waals surface area contributed by atoms with Crippen molar-refractivity contribution in [3.63, 3.8) is 0 Å². The third kappa shape index (κ3) is 55.3. The first-order valence-corrected chi connectivity index (χ1v) is 55.3. The molecular formula is C116H220O7. The lowest BCUT2D eigenvalue weighted by molar-refractivity contribution is -0.281. The molecule has 2 aliphatic rings. The van der Waals surface area contributed by atoms with Gasteiger partial charge in [-0.1, -0.05) is 464 Å². The lowest BCUT2D eigenvalue weighted by Gasteiger charge is -2.53. The minimum Gasteiger partial charge on any atom is -0.502 e. The van der Waals surface area contributed by atoms with Crippen molar-refractivity contribution in [1.82, 2.24) is 0 Å². The van der Waals surface area contributed by atoms with Gasteiger partial charge in [-0.05, 0) is 206 Å². The second-order valence-electron chi connectivity index (χ2n) is 46.0. The van der Waals surface area contributed by atoms with Gasteiger partial charge in [0.15, 0.2) is 11.5 Å². The van der Waals surface area contributed by atoms with Gasteiger partial charge in [0, 0.05) is 0 Å². The van der Waals surface area contributed by atoms with Gasteiger partial charge in [0.05, 0.1) is 42.2 Å². The molecule has 2 fully saturated rings. The number of benzene rings is 1. The van der Waals surface area contributed by atoms with Gasteiger partial charge < -0.3 is 33.9 Å². The number of aromatic hydroxyl groups is 1. The molecule has 0 saturated carbocycles. The molecule has 123 heavy (non-hydrogen) atoms. The summed E-state index contributed by atoms with van der Waals surface area (Å²) in [6.07, 6.45) is 86.5. The Bertz CT molecular complexity index is 2620. The molecule has 0 spiro atoms. The van der Waals surface area contributed by atoms with Crippen LogP contribution in [0.2, 0.25) is 0 Å². The summed E-state index contributed by atoms with van der Waals surface area (Å²) >= 11 is 0. The second-order valence-corrected chi connectivity index (χ2v) is 46.0. The Morgan fingerprint density at radius 2 is 0.667 bits per heavy atom. The van der Waals surface area contributed by atoms with Gasteiger partial charge in [-0.3, -0.25) is 0 Å². The van der Waals surface area contributed by atoms with E-state index in [2.05, 4.69) is 170 Å². The third-order valence-corrected chi connectivity index (χ3v) is 30.6. The third-order valence-electron chi connectivity index (χ3n) is 30.6. The molecule has 1 aromatic rings. The van der Waals surface area contributed by atoms with E-state index in [1.54, 1.807) is 7.11 Å². The Morgan fingerprint density at radius 1 is 0.366 bits per heavy atom. The lowest BCUT2D eigenvalue weighted by Crippen LogP contribution is -2.60. The Hall–Kier alpha value is -1.80. The van der Waals surface area contributed by atoms with E-state index in [0.717, 1.165) is 150 Å². The van der Waals surface area contributed by atoms with Gasteiger partial charge in [0.2, 0.25) is 5.75 Å². The van der Waals surface area contributed by atoms with Crippen LogP contribution in [0.5, 0.6) is 17.2 Å². The fraction of sp³-hybridized carbons (Fsp3) is 0.931. The summed E-state index contributed by atoms with van der Waals surface area (Å²) in [4.78, 5) is 0. The van der Waals surface area contributed by atoms with Crippen LogP contribution in [-0.4, -0.2) is 64.1 Å². The highest BCUT2D eigenvalue weighted by atomic mass is 16.6. The van der Waals surface area contributed by atoms with Crippen molar-refractivity contribution in [1.29, 1.82) is 0 Å². The number of unbranched alkanes of at least 4 members (excludes halogenated alkanes) is 23. The van der Waals surface area contributed by atoms with E-state index in [0.29, 0.717) is 35.2 Å². The van der Waals surface area contributed by atoms with Crippen molar-refractivity contribution in [2.45, 2.75) is 616 Å². The summed E-state index contributed by atoms with van der Waals surface area (Å²) in [6, 6.07) is 4.20. The molecule has 0 bridgehead atoms. The molecule has 7 heteroatoms. The first-order chi connectivity index (χ1) is 58.8. The molecule has 2 saturated heterocycles. The first-order valence-electron chi connectivity index (χ1n) is 55.3. The Labute approximate surface area is 770 Å². The predicted octanol–water partition coefficient (Wildman–Crippen LogP) is 37.5. The van der Waals surface area contributed by atoms with E-state index in [1.807, 2.05) is 0 Å². The van der Waals surface area contributed by atoms with Crippen LogP contribution in [0.4, 0.5) is 0 Å². The number of rotatable bonds is 83. The molecule has 1 aromatic carbocycles. The number of phenols is 1. The Kier molecular flexibility index (Phi) is 64.8. The topological polar surface area (TPSA) is 86.6 Å². The van der Waals surface area contributed by atoms with E-state index < -0.39 is 22.4 Å². The van der Waals surface area contributed by atoms with Crippen molar-refractivity contribution in [2.24, 2.45) is 71.0 Å². The molecule has 2 heterocycles. The molecule has 16 unspecified atom stereocenters. The van der Waals surface area contributed by atoms with Crippen molar-refractivity contribution in [2.75, 3.05) is 7.11 Å². The molecule has 0 radical (unpaired) electrons. The van der Waals surface area contributed by atoms with Crippen LogP contribution >= 0.6 is 0 Å². The molecular weight excluding hydrogens is 1510 g/mol. The standard InChI is InChI=1S/C116H220O7/c1-23-24-25-26-27-28-29-30-31-32-33-34-35-36-37-38-39-40-41-42-43-44-45-46-47-48-49-82-105-91-106(119-22)112(117)107(92-105)120-109-85-86-111(122-114(109,19)88-59-79-102(15)75-55-71-98(11)67-51-63-94(4)5)116(21,90-61-81-104(17)77-57-73-100(13)69-53-65-96(8)9)123-115(20,89-60-80-103(16)76-56-72-99(12)68-52-64-95(6)7)110-84-83-108(121-110)113(18,118)87-58-78-101(14)74-54-70-97(10)66-50-62-93(2)3/h30-31,91-104,108-111,117-118H,23-29,32-90H2,1-22H3. The van der Waals surface area contributed by atoms with Crippen LogP contribution in [0.3, 0.4) is 0 Å². The lowest BCUT2D eigenvalue weighted by atomic mass is 9.78. The minimum absolute atomic E-state index is 0.0995. The maximum Gasteiger partial charge on any atom is 0.200 e. The molecule has 726 valence electrons. The summed E-state index contributed by atoms with van der Waals surface area (Å²) in [5.74, 6) is 10.00. The van der Waals surface area contributed by atoms with Gasteiger partial charge >= 0.3 is 0 Å². The average molecular weight is 1730 g/mol. The van der Waals surface area contributed by atoms with Crippen molar-refractivity contribution >= 4 is 0 Å². The van der Waals surface area contributed by atoms with Crippen molar-refractivity contribution in [3.05, 3.63) is 29.8 Å². The normalized spacial score (nSPS) is 20.8. The van der Waals surface area contributed by atoms with Crippen LogP contribution < -0.4 is 9.47 Å². The van der Waals surface area contributed by atoms with Gasteiger partial charge in [-0.15, -0.1) is 0 Å². The largest absolute Gasteiger partial charge is 0.502 e. The maximum absolute atomic E-state index is 12.7.